The fraction of sp³-hybridized carbons (Fsp3) is 0.0455. The molecule has 0 saturated carbocycles. The summed E-state index contributed by atoms with van der Waals surface area (Å²) in [6, 6.07) is 34.5. The molecular weight excluding hydrogens is 755 g/mol. The maximum absolute atomic E-state index is 13.8. The van der Waals surface area contributed by atoms with Gasteiger partial charge in [-0.3, -0.25) is 9.80 Å². The van der Waals surface area contributed by atoms with E-state index >= 15 is 0 Å². The van der Waals surface area contributed by atoms with Crippen LogP contribution in [0.25, 0.3) is 53.7 Å². The first-order valence-corrected chi connectivity index (χ1v) is 17.4. The van der Waals surface area contributed by atoms with E-state index in [-0.39, 0.29) is 57.4 Å². The van der Waals surface area contributed by atoms with Gasteiger partial charge in [0.2, 0.25) is 0 Å². The fourth-order valence-electron chi connectivity index (χ4n) is 7.07. The van der Waals surface area contributed by atoms with Gasteiger partial charge in [-0.2, -0.15) is 26.3 Å². The Morgan fingerprint density at radius 2 is 0.759 bits per heavy atom. The number of fused-ring (bicyclic) bond motifs is 4. The van der Waals surface area contributed by atoms with Crippen LogP contribution in [0.15, 0.2) is 133 Å². The van der Waals surface area contributed by atoms with Gasteiger partial charge in [-0.25, -0.2) is 9.97 Å². The Morgan fingerprint density at radius 1 is 0.414 bits per heavy atom. The predicted octanol–water partition coefficient (Wildman–Crippen LogP) is 13.3. The van der Waals surface area contributed by atoms with Crippen molar-refractivity contribution in [2.45, 2.75) is 12.4 Å². The summed E-state index contributed by atoms with van der Waals surface area (Å²) < 4.78 is 82.7. The normalized spacial score (nSPS) is 12.6. The third-order valence-corrected chi connectivity index (χ3v) is 9.73. The number of alkyl halides is 6. The van der Waals surface area contributed by atoms with Crippen LogP contribution in [0, 0.1) is 13.1 Å². The molecule has 0 amide bonds. The molecule has 9 rings (SSSR count). The van der Waals surface area contributed by atoms with Crippen molar-refractivity contribution in [1.29, 1.82) is 0 Å². The van der Waals surface area contributed by atoms with Crippen LogP contribution in [0.4, 0.5) is 72.6 Å². The molecule has 0 unspecified atom stereocenters. The zero-order valence-electron chi connectivity index (χ0n) is 29.5. The summed E-state index contributed by atoms with van der Waals surface area (Å²) in [7, 11) is 0. The first-order valence-electron chi connectivity index (χ1n) is 17.4. The minimum absolute atomic E-state index is 0.0509. The topological polar surface area (TPSA) is 66.8 Å². The second kappa shape index (κ2) is 13.4. The number of hydrogen-bond donors (Lipinski definition) is 0. The van der Waals surface area contributed by atoms with E-state index in [4.69, 9.17) is 33.1 Å². The van der Waals surface area contributed by atoms with Crippen LogP contribution in [0.3, 0.4) is 0 Å². The summed E-state index contributed by atoms with van der Waals surface area (Å²) in [6.45, 7) is 15.9. The summed E-state index contributed by atoms with van der Waals surface area (Å²) >= 11 is 0. The minimum Gasteiger partial charge on any atom is -0.370 e. The molecule has 0 spiro atoms. The Balaban J connectivity index is 1.43. The van der Waals surface area contributed by atoms with Crippen LogP contribution >= 0.6 is 0 Å². The maximum Gasteiger partial charge on any atom is 0.416 e. The molecule has 2 aromatic heterocycles. The van der Waals surface area contributed by atoms with Gasteiger partial charge in [0.25, 0.3) is 11.6 Å². The van der Waals surface area contributed by atoms with E-state index in [1.165, 1.54) is 24.3 Å². The van der Waals surface area contributed by atoms with E-state index in [9.17, 15) is 26.3 Å². The zero-order chi connectivity index (χ0) is 40.3. The third kappa shape index (κ3) is 5.95. The summed E-state index contributed by atoms with van der Waals surface area (Å²) in [5, 5.41) is 3.11. The first kappa shape index (κ1) is 35.8. The van der Waals surface area contributed by atoms with E-state index < -0.39 is 23.5 Å². The van der Waals surface area contributed by atoms with Crippen LogP contribution in [0.2, 0.25) is 0 Å². The maximum atomic E-state index is 13.8. The van der Waals surface area contributed by atoms with E-state index in [2.05, 4.69) is 9.69 Å². The minimum atomic E-state index is -4.65. The van der Waals surface area contributed by atoms with Crippen molar-refractivity contribution in [3.63, 3.8) is 0 Å². The predicted molar refractivity (Wildman–Crippen MR) is 209 cm³/mol. The molecule has 8 nitrogen and oxygen atoms in total. The molecule has 0 radical (unpaired) electrons. The Hall–Kier alpha value is -7.84. The second-order valence-electron chi connectivity index (χ2n) is 13.1. The molecule has 0 atom stereocenters. The molecular formula is C44H22F6N8. The molecule has 6 aromatic carbocycles. The number of nitrogens with zero attached hydrogens (tertiary/aromatic N) is 8. The second-order valence-corrected chi connectivity index (χ2v) is 13.1. The van der Waals surface area contributed by atoms with Crippen molar-refractivity contribution in [2.24, 2.45) is 0 Å². The van der Waals surface area contributed by atoms with Gasteiger partial charge in [-0.1, -0.05) is 110 Å². The van der Waals surface area contributed by atoms with Gasteiger partial charge in [0, 0.05) is 21.9 Å². The Bertz CT molecular complexity index is 2810. The number of rotatable bonds is 4. The van der Waals surface area contributed by atoms with Gasteiger partial charge in [0.15, 0.2) is 11.6 Å². The number of anilines is 6. The molecule has 0 bridgehead atoms. The molecule has 58 heavy (non-hydrogen) atoms. The largest absolute Gasteiger partial charge is 0.416 e. The Kier molecular flexibility index (Phi) is 8.29. The number of benzene rings is 6. The fourth-order valence-corrected chi connectivity index (χ4v) is 7.07. The molecule has 0 N–H and O–H groups in total. The number of hydrogen-bond acceptors (Lipinski definition) is 6. The highest BCUT2D eigenvalue weighted by Gasteiger charge is 2.43. The summed E-state index contributed by atoms with van der Waals surface area (Å²) in [4.78, 5) is 30.1. The smallest absolute Gasteiger partial charge is 0.370 e. The van der Waals surface area contributed by atoms with E-state index in [0.29, 0.717) is 11.4 Å². The zero-order valence-corrected chi connectivity index (χ0v) is 29.5. The van der Waals surface area contributed by atoms with Crippen molar-refractivity contribution in [1.82, 2.24) is 19.9 Å². The molecule has 8 aromatic rings. The molecule has 1 aliphatic rings. The molecule has 280 valence electrons. The Labute approximate surface area is 325 Å². The van der Waals surface area contributed by atoms with Crippen LogP contribution < -0.4 is 9.80 Å². The van der Waals surface area contributed by atoms with Crippen LogP contribution in [-0.4, -0.2) is 19.9 Å². The lowest BCUT2D eigenvalue weighted by Gasteiger charge is -2.35. The molecule has 0 saturated heterocycles. The highest BCUT2D eigenvalue weighted by Crippen LogP contribution is 2.55. The summed E-state index contributed by atoms with van der Waals surface area (Å²) in [6.07, 6.45) is -9.29. The van der Waals surface area contributed by atoms with E-state index in [1.807, 2.05) is 72.8 Å². The molecule has 14 heteroatoms. The van der Waals surface area contributed by atoms with Gasteiger partial charge in [-0.05, 0) is 47.2 Å². The lowest BCUT2D eigenvalue weighted by atomic mass is 10.0. The molecule has 1 aliphatic heterocycles. The monoisotopic (exact) mass is 776 g/mol. The number of aromatic nitrogens is 4. The summed E-state index contributed by atoms with van der Waals surface area (Å²) in [5.41, 5.74) is -0.300. The quantitative estimate of drug-likeness (QED) is 0.131. The van der Waals surface area contributed by atoms with E-state index in [1.54, 1.807) is 21.9 Å². The van der Waals surface area contributed by atoms with Gasteiger partial charge in [0.1, 0.15) is 0 Å². The van der Waals surface area contributed by atoms with Crippen molar-refractivity contribution < 1.29 is 26.3 Å². The standard InChI is InChI=1S/C44H22F6N8/c1-51-37-38(52-2)56-42-41(55-37)57(33-15-7-11-25-9-3-5-13-31(25)33)39-40(58(42)34-16-8-12-26-10-4-6-14-32(26)34)54-36(28-19-23-30(24-20-28)44(48,49)50)35(53-39)27-17-21-29(22-18-27)43(45,46)47/h3-24H. The van der Waals surface area contributed by atoms with Crippen molar-refractivity contribution in [2.75, 3.05) is 9.80 Å². The molecule has 3 heterocycles. The van der Waals surface area contributed by atoms with Crippen molar-refractivity contribution in [3.8, 4) is 22.5 Å². The average molecular weight is 777 g/mol. The SMILES string of the molecule is [C-]#[N+]c1nc2c(nc1[N+]#[C-])N(c1cccc3ccccc13)c1nc(-c3ccc(C(F)(F)F)cc3)c(-c3ccc(C(F)(F)F)cc3)nc1N2c1cccc2ccccc12. The van der Waals surface area contributed by atoms with Gasteiger partial charge in [-0.15, -0.1) is 9.97 Å². The summed E-state index contributed by atoms with van der Waals surface area (Å²) in [5.74, 6) is -0.128. The van der Waals surface area contributed by atoms with Crippen LogP contribution in [0.1, 0.15) is 11.1 Å². The highest BCUT2D eigenvalue weighted by atomic mass is 19.4. The first-order chi connectivity index (χ1) is 27.9. The van der Waals surface area contributed by atoms with Crippen LogP contribution in [0.5, 0.6) is 0 Å². The van der Waals surface area contributed by atoms with Crippen LogP contribution in [-0.2, 0) is 12.4 Å². The van der Waals surface area contributed by atoms with Gasteiger partial charge < -0.3 is 9.69 Å². The van der Waals surface area contributed by atoms with E-state index in [0.717, 1.165) is 45.8 Å². The number of halogens is 6. The lowest BCUT2D eigenvalue weighted by Crippen LogP contribution is -2.28. The lowest BCUT2D eigenvalue weighted by molar-refractivity contribution is -0.138. The van der Waals surface area contributed by atoms with Crippen molar-refractivity contribution >= 4 is 67.8 Å². The van der Waals surface area contributed by atoms with Crippen molar-refractivity contribution in [3.05, 3.63) is 167 Å². The third-order valence-electron chi connectivity index (χ3n) is 9.73. The molecule has 0 aliphatic carbocycles. The van der Waals surface area contributed by atoms with Gasteiger partial charge >= 0.3 is 24.0 Å². The Morgan fingerprint density at radius 3 is 1.12 bits per heavy atom. The molecule has 0 fully saturated rings. The average Bonchev–Trinajstić information content (AvgIpc) is 3.24. The highest BCUT2D eigenvalue weighted by molar-refractivity contribution is 6.08. The van der Waals surface area contributed by atoms with Gasteiger partial charge in [0.05, 0.1) is 33.9 Å².